The molecule has 0 spiro atoms. The summed E-state index contributed by atoms with van der Waals surface area (Å²) in [6.45, 7) is 0. The van der Waals surface area contributed by atoms with E-state index in [-0.39, 0.29) is 0 Å². The number of hydrogen-bond donors (Lipinski definition) is 0. The molecule has 0 amide bonds. The molecule has 0 saturated carbocycles. The molecule has 0 nitrogen and oxygen atoms in total. The third-order valence-electron chi connectivity index (χ3n) is 2.20. The quantitative estimate of drug-likeness (QED) is 0.566. The minimum Gasteiger partial charge on any atom is -0.257 e. The molecule has 18 heavy (non-hydrogen) atoms. The first kappa shape index (κ1) is 13.9. The average Bonchev–Trinajstić information content (AvgIpc) is 2.46. The summed E-state index contributed by atoms with van der Waals surface area (Å²) in [6.07, 6.45) is 3.03. The normalized spacial score (nSPS) is 14.1. The third-order valence-corrected chi connectivity index (χ3v) is 4.77. The second kappa shape index (κ2) is 7.13. The van der Waals surface area contributed by atoms with Crippen LogP contribution in [0.2, 0.25) is 0 Å². The van der Waals surface area contributed by atoms with Crippen LogP contribution in [0.25, 0.3) is 0 Å². The predicted molar refractivity (Wildman–Crippen MR) is 95.6 cm³/mol. The van der Waals surface area contributed by atoms with Crippen molar-refractivity contribution in [1.82, 2.24) is 0 Å². The molecule has 2 unspecified atom stereocenters. The lowest BCUT2D eigenvalue weighted by atomic mass is 10.4. The summed E-state index contributed by atoms with van der Waals surface area (Å²) in [7, 11) is 1.58. The number of benzene rings is 2. The molecule has 0 saturated heterocycles. The van der Waals surface area contributed by atoms with Crippen LogP contribution in [0, 0.1) is 0 Å². The maximum absolute atomic E-state index is 2.35. The molecule has 2 aromatic rings. The van der Waals surface area contributed by atoms with Crippen molar-refractivity contribution in [2.45, 2.75) is 0 Å². The largest absolute Gasteiger partial charge is 0.257 e. The lowest BCUT2D eigenvalue weighted by Gasteiger charge is -2.25. The highest BCUT2D eigenvalue weighted by atomic mass is 31.1. The van der Waals surface area contributed by atoms with Crippen molar-refractivity contribution in [3.05, 3.63) is 60.7 Å². The first-order valence-electron chi connectivity index (χ1n) is 5.40. The van der Waals surface area contributed by atoms with Crippen molar-refractivity contribution in [1.29, 1.82) is 0 Å². The Morgan fingerprint density at radius 2 is 0.944 bits per heavy atom. The fourth-order valence-electron chi connectivity index (χ4n) is 1.43. The molecule has 94 valence electrons. The lowest BCUT2D eigenvalue weighted by Crippen LogP contribution is -2.08. The van der Waals surface area contributed by atoms with Crippen molar-refractivity contribution in [3.8, 4) is 0 Å². The number of rotatable bonds is 5. The zero-order valence-corrected chi connectivity index (χ0v) is 10.9. The first-order chi connectivity index (χ1) is 8.77. The van der Waals surface area contributed by atoms with Gasteiger partial charge in [0.05, 0.1) is 0 Å². The molecule has 0 bridgehead atoms. The molecule has 0 heterocycles. The first-order valence-corrected chi connectivity index (χ1v) is 7.56. The van der Waals surface area contributed by atoms with Crippen LogP contribution in [0.4, 0.5) is 0 Å². The summed E-state index contributed by atoms with van der Waals surface area (Å²) in [5, 5.41) is 3.34. The Morgan fingerprint density at radius 3 is 1.28 bits per heavy atom. The van der Waals surface area contributed by atoms with Gasteiger partial charge in [-0.2, -0.15) is 0 Å². The van der Waals surface area contributed by atoms with Crippen molar-refractivity contribution < 1.29 is 0 Å². The van der Waals surface area contributed by atoms with Gasteiger partial charge < -0.3 is 0 Å². The Balaban J connectivity index is 1.89. The summed E-state index contributed by atoms with van der Waals surface area (Å²) in [5.41, 5.74) is 0. The summed E-state index contributed by atoms with van der Waals surface area (Å²) < 4.78 is 0. The second-order valence-corrected chi connectivity index (χ2v) is 5.99. The van der Waals surface area contributed by atoms with E-state index in [0.717, 1.165) is 0 Å². The highest BCUT2D eigenvalue weighted by Gasteiger charge is 2.01. The van der Waals surface area contributed by atoms with Gasteiger partial charge in [-0.05, 0) is 15.1 Å². The van der Waals surface area contributed by atoms with Gasteiger partial charge in [-0.3, -0.25) is 15.6 Å². The van der Waals surface area contributed by atoms with E-state index in [1.165, 1.54) is 12.3 Å². The van der Waals surface area contributed by atoms with Crippen LogP contribution in [0.1, 0.15) is 0 Å². The van der Waals surface area contributed by atoms with Crippen LogP contribution in [0.3, 0.4) is 0 Å². The molecule has 0 N–H and O–H groups in total. The van der Waals surface area contributed by atoms with E-state index in [9.17, 15) is 0 Å². The Morgan fingerprint density at radius 1 is 0.611 bits per heavy atom. The van der Waals surface area contributed by atoms with Gasteiger partial charge in [0.15, 0.2) is 0 Å². The average molecular weight is 272 g/mol. The van der Waals surface area contributed by atoms with E-state index in [1.54, 1.807) is 10.6 Å². The van der Waals surface area contributed by atoms with Crippen molar-refractivity contribution >= 4 is 41.3 Å². The molecule has 2 rings (SSSR count). The van der Waals surface area contributed by atoms with Crippen LogP contribution in [0.15, 0.2) is 60.7 Å². The Labute approximate surface area is 114 Å². The minimum absolute atomic E-state index is 0.308. The summed E-state index contributed by atoms with van der Waals surface area (Å²) >= 11 is 0. The Bertz CT molecular complexity index is 416. The van der Waals surface area contributed by atoms with Gasteiger partial charge in [-0.25, -0.2) is 0 Å². The fraction of sp³-hybridized carbons (Fsp3) is 0.143. The zero-order valence-electron chi connectivity index (χ0n) is 9.08. The molecule has 0 aromatic heterocycles. The standard InChI is InChI=1S/C14H20B2P2/c15-17(13-7-3-1-4-8-13)11-12-18(16)14-9-5-2-6-10-14/h1-10H,11-12H2,15-16H3/q-2. The highest BCUT2D eigenvalue weighted by Crippen LogP contribution is 2.35. The van der Waals surface area contributed by atoms with E-state index >= 15 is 0 Å². The summed E-state index contributed by atoms with van der Waals surface area (Å²) in [6, 6.07) is 22.5. The maximum atomic E-state index is 2.35. The molecule has 0 fully saturated rings. The third kappa shape index (κ3) is 3.98. The molecule has 2 atom stereocenters. The molecule has 4 heteroatoms. The molecular weight excluding hydrogens is 252 g/mol. The van der Waals surface area contributed by atoms with Gasteiger partial charge in [0.25, 0.3) is 0 Å². The van der Waals surface area contributed by atoms with Crippen LogP contribution >= 0.6 is 15.6 Å². The van der Waals surface area contributed by atoms with E-state index in [2.05, 4.69) is 60.7 Å². The van der Waals surface area contributed by atoms with Gasteiger partial charge in [0.2, 0.25) is 0 Å². The molecule has 0 radical (unpaired) electrons. The highest BCUT2D eigenvalue weighted by molar-refractivity contribution is 7.91. The predicted octanol–water partition coefficient (Wildman–Crippen LogP) is 1.16. The minimum atomic E-state index is 0.308. The van der Waals surface area contributed by atoms with Crippen LogP contribution in [-0.4, -0.2) is 27.5 Å². The molecular formula is C14H20B2P2-2. The monoisotopic (exact) mass is 272 g/mol. The zero-order chi connectivity index (χ0) is 12.8. The van der Waals surface area contributed by atoms with Crippen LogP contribution < -0.4 is 10.6 Å². The van der Waals surface area contributed by atoms with E-state index in [1.807, 2.05) is 0 Å². The Kier molecular flexibility index (Phi) is 5.48. The van der Waals surface area contributed by atoms with E-state index in [4.69, 9.17) is 0 Å². The number of hydrogen-bond acceptors (Lipinski definition) is 0. The van der Waals surface area contributed by atoms with Crippen LogP contribution in [0.5, 0.6) is 0 Å². The Hall–Kier alpha value is -0.570. The lowest BCUT2D eigenvalue weighted by molar-refractivity contribution is 1.53. The van der Waals surface area contributed by atoms with Gasteiger partial charge in [-0.15, -0.1) is 0 Å². The molecule has 2 aromatic carbocycles. The smallest absolute Gasteiger partial charge is 0.0162 e. The van der Waals surface area contributed by atoms with Crippen molar-refractivity contribution in [2.24, 2.45) is 0 Å². The van der Waals surface area contributed by atoms with Crippen molar-refractivity contribution in [3.63, 3.8) is 0 Å². The topological polar surface area (TPSA) is 0 Å². The van der Waals surface area contributed by atoms with Crippen LogP contribution in [-0.2, 0) is 0 Å². The summed E-state index contributed by atoms with van der Waals surface area (Å²) in [5.74, 6) is 0. The van der Waals surface area contributed by atoms with E-state index in [0.29, 0.717) is 30.7 Å². The van der Waals surface area contributed by atoms with Gasteiger partial charge in [0.1, 0.15) is 0 Å². The molecule has 0 aliphatic rings. The van der Waals surface area contributed by atoms with E-state index < -0.39 is 0 Å². The van der Waals surface area contributed by atoms with Crippen molar-refractivity contribution in [2.75, 3.05) is 12.3 Å². The maximum Gasteiger partial charge on any atom is -0.0162 e. The molecule has 0 aliphatic heterocycles. The summed E-state index contributed by atoms with van der Waals surface area (Å²) in [4.78, 5) is 0. The van der Waals surface area contributed by atoms with Gasteiger partial charge >= 0.3 is 0 Å². The molecule has 0 aliphatic carbocycles. The fourth-order valence-corrected chi connectivity index (χ4v) is 3.51. The SMILES string of the molecule is [BH3-]P(CCP([BH3-])c1ccccc1)c1ccccc1. The van der Waals surface area contributed by atoms with Gasteiger partial charge in [0, 0.05) is 0 Å². The van der Waals surface area contributed by atoms with Gasteiger partial charge in [-0.1, -0.05) is 83.6 Å². The second-order valence-electron chi connectivity index (χ2n) is 3.43.